The number of aliphatic hydroxyl groups is 1. The molecule has 0 bridgehead atoms. The van der Waals surface area contributed by atoms with Crippen molar-refractivity contribution in [1.82, 2.24) is 4.98 Å². The zero-order valence-electron chi connectivity index (χ0n) is 10.6. The standard InChI is InChI=1S/C14H15ClN2OS/c1-9-6-7-10-4-2-3-5-11(10)17(9)14-16-13(15)12(8-18)19-14/h2-5,9,18H,6-8H2,1H3. The minimum atomic E-state index is -0.0552. The second-order valence-corrected chi connectivity index (χ2v) is 6.18. The molecular formula is C14H15ClN2OS. The first-order valence-corrected chi connectivity index (χ1v) is 7.53. The van der Waals surface area contributed by atoms with Crippen molar-refractivity contribution in [2.24, 2.45) is 0 Å². The molecule has 0 radical (unpaired) electrons. The lowest BCUT2D eigenvalue weighted by Gasteiger charge is -2.35. The molecule has 0 saturated carbocycles. The Labute approximate surface area is 121 Å². The van der Waals surface area contributed by atoms with Gasteiger partial charge in [-0.05, 0) is 31.4 Å². The zero-order valence-corrected chi connectivity index (χ0v) is 12.2. The van der Waals surface area contributed by atoms with Crippen LogP contribution >= 0.6 is 22.9 Å². The third kappa shape index (κ3) is 2.24. The molecule has 1 aliphatic heterocycles. The maximum absolute atomic E-state index is 9.26. The summed E-state index contributed by atoms with van der Waals surface area (Å²) in [4.78, 5) is 7.36. The summed E-state index contributed by atoms with van der Waals surface area (Å²) in [5, 5.41) is 10.5. The molecule has 2 heterocycles. The lowest BCUT2D eigenvalue weighted by molar-refractivity contribution is 0.285. The third-order valence-corrected chi connectivity index (χ3v) is 4.98. The molecule has 100 valence electrons. The second-order valence-electron chi connectivity index (χ2n) is 4.75. The number of hydrogen-bond donors (Lipinski definition) is 1. The van der Waals surface area contributed by atoms with E-state index in [1.54, 1.807) is 0 Å². The molecule has 1 unspecified atom stereocenters. The summed E-state index contributed by atoms with van der Waals surface area (Å²) in [6.07, 6.45) is 2.20. The Hall–Kier alpha value is -1.10. The monoisotopic (exact) mass is 294 g/mol. The quantitative estimate of drug-likeness (QED) is 0.916. The summed E-state index contributed by atoms with van der Waals surface area (Å²) >= 11 is 7.52. The first-order chi connectivity index (χ1) is 9.20. The number of anilines is 2. The van der Waals surface area contributed by atoms with Crippen LogP contribution in [0.3, 0.4) is 0 Å². The number of aryl methyl sites for hydroxylation is 1. The molecule has 19 heavy (non-hydrogen) atoms. The molecule has 2 aromatic rings. The first kappa shape index (κ1) is 12.9. The van der Waals surface area contributed by atoms with Crippen molar-refractivity contribution in [2.75, 3.05) is 4.90 Å². The zero-order chi connectivity index (χ0) is 13.4. The van der Waals surface area contributed by atoms with Gasteiger partial charge in [0.25, 0.3) is 0 Å². The van der Waals surface area contributed by atoms with Crippen LogP contribution in [-0.2, 0) is 13.0 Å². The van der Waals surface area contributed by atoms with E-state index in [0.29, 0.717) is 11.2 Å². The van der Waals surface area contributed by atoms with Crippen LogP contribution in [0.25, 0.3) is 0 Å². The van der Waals surface area contributed by atoms with E-state index >= 15 is 0 Å². The summed E-state index contributed by atoms with van der Waals surface area (Å²) in [5.74, 6) is 0. The molecule has 0 spiro atoms. The number of fused-ring (bicyclic) bond motifs is 1. The topological polar surface area (TPSA) is 36.4 Å². The fourth-order valence-electron chi connectivity index (χ4n) is 2.50. The largest absolute Gasteiger partial charge is 0.391 e. The van der Waals surface area contributed by atoms with Crippen LogP contribution in [0, 0.1) is 0 Å². The molecule has 0 saturated heterocycles. The highest BCUT2D eigenvalue weighted by molar-refractivity contribution is 7.16. The number of hydrogen-bond acceptors (Lipinski definition) is 4. The van der Waals surface area contributed by atoms with E-state index in [4.69, 9.17) is 11.6 Å². The van der Waals surface area contributed by atoms with E-state index in [9.17, 15) is 5.11 Å². The van der Waals surface area contributed by atoms with Gasteiger partial charge in [-0.15, -0.1) is 0 Å². The van der Waals surface area contributed by atoms with Gasteiger partial charge < -0.3 is 10.0 Å². The second kappa shape index (κ2) is 5.12. The highest BCUT2D eigenvalue weighted by atomic mass is 35.5. The predicted molar refractivity (Wildman–Crippen MR) is 79.4 cm³/mol. The highest BCUT2D eigenvalue weighted by Gasteiger charge is 2.27. The van der Waals surface area contributed by atoms with Crippen molar-refractivity contribution in [3.8, 4) is 0 Å². The summed E-state index contributed by atoms with van der Waals surface area (Å²) in [6.45, 7) is 2.14. The summed E-state index contributed by atoms with van der Waals surface area (Å²) < 4.78 is 0. The Morgan fingerprint density at radius 2 is 2.26 bits per heavy atom. The van der Waals surface area contributed by atoms with Gasteiger partial charge in [0, 0.05) is 11.7 Å². The molecule has 1 atom stereocenters. The van der Waals surface area contributed by atoms with Gasteiger partial charge in [0.05, 0.1) is 11.5 Å². The molecule has 1 N–H and O–H groups in total. The summed E-state index contributed by atoms with van der Waals surface area (Å²) in [6, 6.07) is 8.80. The van der Waals surface area contributed by atoms with E-state index in [-0.39, 0.29) is 6.61 Å². The Morgan fingerprint density at radius 3 is 3.00 bits per heavy atom. The maximum atomic E-state index is 9.26. The summed E-state index contributed by atoms with van der Waals surface area (Å²) in [5.41, 5.74) is 2.55. The molecular weight excluding hydrogens is 280 g/mol. The van der Waals surface area contributed by atoms with Gasteiger partial charge in [-0.2, -0.15) is 0 Å². The van der Waals surface area contributed by atoms with Crippen molar-refractivity contribution in [3.05, 3.63) is 39.9 Å². The lowest BCUT2D eigenvalue weighted by atomic mass is 9.97. The third-order valence-electron chi connectivity index (χ3n) is 3.51. The normalized spacial score (nSPS) is 18.5. The first-order valence-electron chi connectivity index (χ1n) is 6.34. The van der Waals surface area contributed by atoms with Crippen molar-refractivity contribution in [1.29, 1.82) is 0 Å². The molecule has 3 rings (SSSR count). The highest BCUT2D eigenvalue weighted by Crippen LogP contribution is 2.40. The number of aromatic nitrogens is 1. The SMILES string of the molecule is CC1CCc2ccccc2N1c1nc(Cl)c(CO)s1. The number of rotatable bonds is 2. The van der Waals surface area contributed by atoms with Crippen LogP contribution in [0.15, 0.2) is 24.3 Å². The van der Waals surface area contributed by atoms with Gasteiger partial charge in [-0.3, -0.25) is 0 Å². The van der Waals surface area contributed by atoms with Crippen LogP contribution in [0.1, 0.15) is 23.8 Å². The number of thiazole rings is 1. The van der Waals surface area contributed by atoms with Crippen LogP contribution in [0.4, 0.5) is 10.8 Å². The van der Waals surface area contributed by atoms with Crippen molar-refractivity contribution in [2.45, 2.75) is 32.4 Å². The average molecular weight is 295 g/mol. The van der Waals surface area contributed by atoms with Gasteiger partial charge in [-0.1, -0.05) is 41.1 Å². The van der Waals surface area contributed by atoms with Crippen LogP contribution in [-0.4, -0.2) is 16.1 Å². The van der Waals surface area contributed by atoms with Crippen LogP contribution in [0.2, 0.25) is 5.15 Å². The minimum Gasteiger partial charge on any atom is -0.391 e. The van der Waals surface area contributed by atoms with Crippen LogP contribution < -0.4 is 4.90 Å². The molecule has 1 aliphatic rings. The fraction of sp³-hybridized carbons (Fsp3) is 0.357. The Morgan fingerprint density at radius 1 is 1.47 bits per heavy atom. The predicted octanol–water partition coefficient (Wildman–Crippen LogP) is 3.76. The Kier molecular flexibility index (Phi) is 3.48. The van der Waals surface area contributed by atoms with Gasteiger partial charge >= 0.3 is 0 Å². The van der Waals surface area contributed by atoms with Gasteiger partial charge in [0.15, 0.2) is 5.13 Å². The van der Waals surface area contributed by atoms with Crippen molar-refractivity contribution < 1.29 is 5.11 Å². The number of para-hydroxylation sites is 1. The van der Waals surface area contributed by atoms with Crippen molar-refractivity contribution >= 4 is 33.8 Å². The maximum Gasteiger partial charge on any atom is 0.191 e. The van der Waals surface area contributed by atoms with Gasteiger partial charge in [-0.25, -0.2) is 4.98 Å². The van der Waals surface area contributed by atoms with E-state index < -0.39 is 0 Å². The fourth-order valence-corrected chi connectivity index (χ4v) is 3.74. The molecule has 0 fully saturated rings. The number of aliphatic hydroxyl groups excluding tert-OH is 1. The molecule has 1 aromatic carbocycles. The van der Waals surface area contributed by atoms with E-state index in [1.807, 2.05) is 6.07 Å². The van der Waals surface area contributed by atoms with Gasteiger partial charge in [0.1, 0.15) is 5.15 Å². The molecule has 3 nitrogen and oxygen atoms in total. The number of benzene rings is 1. The minimum absolute atomic E-state index is 0.0552. The van der Waals surface area contributed by atoms with Crippen molar-refractivity contribution in [3.63, 3.8) is 0 Å². The molecule has 5 heteroatoms. The average Bonchev–Trinajstić information content (AvgIpc) is 2.79. The Balaban J connectivity index is 2.07. The molecule has 0 aliphatic carbocycles. The molecule has 0 amide bonds. The smallest absolute Gasteiger partial charge is 0.191 e. The number of nitrogens with zero attached hydrogens (tertiary/aromatic N) is 2. The van der Waals surface area contributed by atoms with E-state index in [2.05, 4.69) is 35.0 Å². The Bertz CT molecular complexity index is 599. The van der Waals surface area contributed by atoms with E-state index in [0.717, 1.165) is 22.9 Å². The summed E-state index contributed by atoms with van der Waals surface area (Å²) in [7, 11) is 0. The number of halogens is 1. The van der Waals surface area contributed by atoms with Gasteiger partial charge in [0.2, 0.25) is 0 Å². The van der Waals surface area contributed by atoms with E-state index in [1.165, 1.54) is 22.6 Å². The molecule has 1 aromatic heterocycles. The van der Waals surface area contributed by atoms with Crippen LogP contribution in [0.5, 0.6) is 0 Å². The lowest BCUT2D eigenvalue weighted by Crippen LogP contribution is -2.33.